The molecule has 2 aromatic heterocycles. The highest BCUT2D eigenvalue weighted by molar-refractivity contribution is 6.13. The van der Waals surface area contributed by atoms with E-state index in [9.17, 15) is 0 Å². The van der Waals surface area contributed by atoms with E-state index in [4.69, 9.17) is 7.16 Å². The van der Waals surface area contributed by atoms with Gasteiger partial charge in [-0.15, -0.1) is 0 Å². The normalized spacial score (nSPS) is 13.3. The van der Waals surface area contributed by atoms with Crippen LogP contribution >= 0.6 is 0 Å². The van der Waals surface area contributed by atoms with Crippen molar-refractivity contribution in [2.24, 2.45) is 12.5 Å². The Bertz CT molecular complexity index is 1970. The Balaban J connectivity index is 1.65. The van der Waals surface area contributed by atoms with Crippen molar-refractivity contribution in [2.45, 2.75) is 34.1 Å². The molecule has 6 rings (SSSR count). The van der Waals surface area contributed by atoms with Gasteiger partial charge in [0.2, 0.25) is 11.9 Å². The molecule has 0 unspecified atom stereocenters. The summed E-state index contributed by atoms with van der Waals surface area (Å²) in [6.07, 6.45) is -0.614. The number of hydrogen-bond acceptors (Lipinski definition) is 1. The van der Waals surface area contributed by atoms with Crippen LogP contribution in [0.3, 0.4) is 0 Å². The molecule has 2 nitrogen and oxygen atoms in total. The second-order valence-corrected chi connectivity index (χ2v) is 11.0. The van der Waals surface area contributed by atoms with Gasteiger partial charge in [-0.05, 0) is 58.8 Å². The SMILES string of the molecule is [2H]C([2H])(c1cc(-c2c(C)ccc3c2oc2c(-c4ccc5ccccc5c4)c(F)ccc23)[n+](C)cc1F)C(C)(C)C. The minimum Gasteiger partial charge on any atom is -0.454 e. The number of aryl methyl sites for hydroxylation is 2. The molecule has 0 N–H and O–H groups in total. The van der Waals surface area contributed by atoms with Crippen molar-refractivity contribution >= 4 is 32.7 Å². The van der Waals surface area contributed by atoms with E-state index in [1.165, 1.54) is 12.3 Å². The predicted octanol–water partition coefficient (Wildman–Crippen LogP) is 9.07. The molecule has 0 bridgehead atoms. The molecule has 38 heavy (non-hydrogen) atoms. The number of hydrogen-bond donors (Lipinski definition) is 0. The first-order valence-electron chi connectivity index (χ1n) is 13.7. The lowest BCUT2D eigenvalue weighted by molar-refractivity contribution is -0.662. The first-order valence-corrected chi connectivity index (χ1v) is 12.7. The van der Waals surface area contributed by atoms with Crippen LogP contribution < -0.4 is 4.57 Å². The summed E-state index contributed by atoms with van der Waals surface area (Å²) in [6, 6.07) is 22.5. The number of halogens is 2. The zero-order chi connectivity index (χ0) is 28.6. The summed E-state index contributed by atoms with van der Waals surface area (Å²) in [5, 5.41) is 3.65. The molecule has 0 fully saturated rings. The lowest BCUT2D eigenvalue weighted by Gasteiger charge is -2.18. The molecule has 0 aliphatic heterocycles. The van der Waals surface area contributed by atoms with E-state index in [1.807, 2.05) is 61.5 Å². The van der Waals surface area contributed by atoms with Crippen LogP contribution in [0.2, 0.25) is 0 Å². The van der Waals surface area contributed by atoms with Gasteiger partial charge in [-0.1, -0.05) is 69.3 Å². The van der Waals surface area contributed by atoms with Crippen LogP contribution in [-0.4, -0.2) is 0 Å². The second kappa shape index (κ2) is 8.76. The molecule has 0 radical (unpaired) electrons. The monoisotopic (exact) mass is 508 g/mol. The van der Waals surface area contributed by atoms with Crippen LogP contribution in [0.5, 0.6) is 0 Å². The van der Waals surface area contributed by atoms with Gasteiger partial charge in [-0.25, -0.2) is 8.78 Å². The lowest BCUT2D eigenvalue weighted by atomic mass is 9.87. The molecule has 0 aliphatic rings. The second-order valence-electron chi connectivity index (χ2n) is 11.0. The van der Waals surface area contributed by atoms with E-state index in [0.29, 0.717) is 33.6 Å². The average molecular weight is 509 g/mol. The summed E-state index contributed by atoms with van der Waals surface area (Å²) < 4.78 is 56.4. The van der Waals surface area contributed by atoms with Crippen LogP contribution in [0.4, 0.5) is 8.78 Å². The first-order chi connectivity index (χ1) is 18.9. The molecule has 0 saturated carbocycles. The molecular weight excluding hydrogens is 476 g/mol. The molecule has 0 aliphatic carbocycles. The Morgan fingerprint density at radius 2 is 1.50 bits per heavy atom. The molecule has 4 aromatic carbocycles. The molecule has 4 heteroatoms. The molecular formula is C34H30F2NO+. The third kappa shape index (κ3) is 4.05. The number of aromatic nitrogens is 1. The number of furan rings is 1. The number of rotatable bonds is 3. The van der Waals surface area contributed by atoms with Crippen molar-refractivity contribution in [3.63, 3.8) is 0 Å². The average Bonchev–Trinajstić information content (AvgIpc) is 3.26. The van der Waals surface area contributed by atoms with Crippen LogP contribution in [0.15, 0.2) is 83.4 Å². The summed E-state index contributed by atoms with van der Waals surface area (Å²) in [4.78, 5) is 0. The first kappa shape index (κ1) is 22.0. The molecule has 6 aromatic rings. The van der Waals surface area contributed by atoms with Crippen molar-refractivity contribution in [3.05, 3.63) is 102 Å². The van der Waals surface area contributed by atoms with E-state index >= 15 is 8.78 Å². The molecule has 0 spiro atoms. The summed E-state index contributed by atoms with van der Waals surface area (Å²) in [7, 11) is 1.73. The third-order valence-electron chi connectivity index (χ3n) is 7.00. The predicted molar refractivity (Wildman–Crippen MR) is 151 cm³/mol. The Hall–Kier alpha value is -4.05. The van der Waals surface area contributed by atoms with Gasteiger partial charge < -0.3 is 4.42 Å². The van der Waals surface area contributed by atoms with Crippen LogP contribution in [0.25, 0.3) is 55.1 Å². The van der Waals surface area contributed by atoms with Crippen molar-refractivity contribution in [2.75, 3.05) is 0 Å². The fourth-order valence-corrected chi connectivity index (χ4v) is 5.28. The zero-order valence-electron chi connectivity index (χ0n) is 24.1. The fraction of sp³-hybridized carbons (Fsp3) is 0.206. The topological polar surface area (TPSA) is 17.0 Å². The minimum absolute atomic E-state index is 0.0106. The molecule has 0 amide bonds. The van der Waals surface area contributed by atoms with E-state index in [-0.39, 0.29) is 11.4 Å². The van der Waals surface area contributed by atoms with Gasteiger partial charge in [0.05, 0.1) is 11.1 Å². The summed E-state index contributed by atoms with van der Waals surface area (Å²) in [5.74, 6) is -0.991. The largest absolute Gasteiger partial charge is 0.454 e. The number of nitrogens with zero attached hydrogens (tertiary/aromatic N) is 1. The van der Waals surface area contributed by atoms with Gasteiger partial charge in [-0.3, -0.25) is 0 Å². The third-order valence-corrected chi connectivity index (χ3v) is 7.00. The lowest BCUT2D eigenvalue weighted by Crippen LogP contribution is -2.32. The summed E-state index contributed by atoms with van der Waals surface area (Å²) in [5.41, 5.74) is 3.44. The Morgan fingerprint density at radius 3 is 2.24 bits per heavy atom. The highest BCUT2D eigenvalue weighted by atomic mass is 19.1. The van der Waals surface area contributed by atoms with E-state index < -0.39 is 17.6 Å². The Morgan fingerprint density at radius 1 is 0.816 bits per heavy atom. The van der Waals surface area contributed by atoms with Crippen molar-refractivity contribution in [3.8, 4) is 22.4 Å². The summed E-state index contributed by atoms with van der Waals surface area (Å²) in [6.45, 7) is 7.21. The van der Waals surface area contributed by atoms with E-state index in [1.54, 1.807) is 44.5 Å². The highest BCUT2D eigenvalue weighted by Crippen LogP contribution is 2.42. The van der Waals surface area contributed by atoms with Crippen LogP contribution in [0.1, 0.15) is 34.6 Å². The number of fused-ring (bicyclic) bond motifs is 4. The quantitative estimate of drug-likeness (QED) is 0.218. The highest BCUT2D eigenvalue weighted by Gasteiger charge is 2.26. The maximum atomic E-state index is 15.5. The van der Waals surface area contributed by atoms with Crippen molar-refractivity contribution in [1.29, 1.82) is 0 Å². The van der Waals surface area contributed by atoms with Gasteiger partial charge in [0.25, 0.3) is 0 Å². The minimum atomic E-state index is -1.93. The molecule has 0 saturated heterocycles. The van der Waals surface area contributed by atoms with Gasteiger partial charge in [0.1, 0.15) is 24.0 Å². The Kier molecular flexibility index (Phi) is 5.07. The molecule has 2 heterocycles. The number of pyridine rings is 1. The standard InChI is InChI=1S/C34H30F2NO/c1-20-10-13-25-26-14-15-27(35)31(23-12-11-21-8-6-7-9-22(21)16-23)33(26)38-32(25)30(20)29-17-24(18-34(2,3)4)28(36)19-37(29)5/h6-17,19H,18H2,1-5H3/q+1/i18D2. The van der Waals surface area contributed by atoms with E-state index in [2.05, 4.69) is 0 Å². The van der Waals surface area contributed by atoms with Gasteiger partial charge in [0.15, 0.2) is 5.82 Å². The maximum absolute atomic E-state index is 15.5. The smallest absolute Gasteiger partial charge is 0.216 e. The van der Waals surface area contributed by atoms with Crippen molar-refractivity contribution < 1.29 is 20.5 Å². The zero-order valence-corrected chi connectivity index (χ0v) is 22.1. The van der Waals surface area contributed by atoms with Crippen LogP contribution in [0, 0.1) is 24.0 Å². The van der Waals surface area contributed by atoms with E-state index in [0.717, 1.165) is 27.1 Å². The molecule has 0 atom stereocenters. The number of benzene rings is 4. The summed E-state index contributed by atoms with van der Waals surface area (Å²) >= 11 is 0. The van der Waals surface area contributed by atoms with Crippen LogP contribution in [-0.2, 0) is 13.4 Å². The van der Waals surface area contributed by atoms with Gasteiger partial charge in [-0.2, -0.15) is 4.57 Å². The Labute approximate surface area is 224 Å². The van der Waals surface area contributed by atoms with Gasteiger partial charge in [0, 0.05) is 25.1 Å². The van der Waals surface area contributed by atoms with Crippen molar-refractivity contribution in [1.82, 2.24) is 0 Å². The van der Waals surface area contributed by atoms with Gasteiger partial charge >= 0.3 is 0 Å². The molecule has 190 valence electrons. The maximum Gasteiger partial charge on any atom is 0.216 e. The fourth-order valence-electron chi connectivity index (χ4n) is 5.28.